The predicted octanol–water partition coefficient (Wildman–Crippen LogP) is 2.45. The van der Waals surface area contributed by atoms with Crippen molar-refractivity contribution >= 4 is 5.97 Å². The Bertz CT molecular complexity index is 270. The van der Waals surface area contributed by atoms with Crippen LogP contribution in [-0.4, -0.2) is 23.3 Å². The van der Waals surface area contributed by atoms with Crippen molar-refractivity contribution in [3.63, 3.8) is 0 Å². The van der Waals surface area contributed by atoms with E-state index in [0.29, 0.717) is 0 Å². The molecule has 1 aliphatic heterocycles. The summed E-state index contributed by atoms with van der Waals surface area (Å²) >= 11 is 0. The fourth-order valence-corrected chi connectivity index (χ4v) is 1.68. The van der Waals surface area contributed by atoms with Crippen molar-refractivity contribution < 1.29 is 14.3 Å². The van der Waals surface area contributed by atoms with Gasteiger partial charge in [-0.15, -0.1) is 0 Å². The van der Waals surface area contributed by atoms with Crippen molar-refractivity contribution in [2.75, 3.05) is 0 Å². The van der Waals surface area contributed by atoms with E-state index in [0.717, 1.165) is 12.8 Å². The van der Waals surface area contributed by atoms with Crippen LogP contribution in [-0.2, 0) is 14.3 Å². The van der Waals surface area contributed by atoms with Gasteiger partial charge >= 0.3 is 5.97 Å². The highest BCUT2D eigenvalue weighted by Crippen LogP contribution is 2.39. The first-order valence-corrected chi connectivity index (χ1v) is 5.30. The van der Waals surface area contributed by atoms with Gasteiger partial charge in [-0.1, -0.05) is 6.58 Å². The summed E-state index contributed by atoms with van der Waals surface area (Å²) in [6.45, 7) is 11.1. The van der Waals surface area contributed by atoms with Crippen LogP contribution in [0.25, 0.3) is 0 Å². The normalized spacial score (nSPS) is 26.5. The van der Waals surface area contributed by atoms with E-state index in [4.69, 9.17) is 9.47 Å². The molecular weight excluding hydrogens is 192 g/mol. The summed E-state index contributed by atoms with van der Waals surface area (Å²) in [4.78, 5) is 10.9. The molecule has 0 radical (unpaired) electrons. The Kier molecular flexibility index (Phi) is 3.24. The van der Waals surface area contributed by atoms with Gasteiger partial charge in [0.15, 0.2) is 0 Å². The van der Waals surface area contributed by atoms with Crippen LogP contribution in [0.15, 0.2) is 12.7 Å². The van der Waals surface area contributed by atoms with Gasteiger partial charge in [0, 0.05) is 6.92 Å². The molecule has 2 atom stereocenters. The van der Waals surface area contributed by atoms with E-state index in [1.165, 1.54) is 6.92 Å². The summed E-state index contributed by atoms with van der Waals surface area (Å²) < 4.78 is 10.7. The maximum absolute atomic E-state index is 10.9. The van der Waals surface area contributed by atoms with Crippen LogP contribution >= 0.6 is 0 Å². The van der Waals surface area contributed by atoms with Crippen LogP contribution in [0.5, 0.6) is 0 Å². The summed E-state index contributed by atoms with van der Waals surface area (Å²) in [6.07, 6.45) is 3.61. The minimum atomic E-state index is -0.562. The highest BCUT2D eigenvalue weighted by Gasteiger charge is 2.47. The van der Waals surface area contributed by atoms with E-state index >= 15 is 0 Å². The number of carbonyl (C=O) groups excluding carboxylic acids is 1. The number of hydrogen-bond donors (Lipinski definition) is 0. The highest BCUT2D eigenvalue weighted by molar-refractivity contribution is 5.66. The molecule has 0 N–H and O–H groups in total. The Balaban J connectivity index is 2.40. The molecule has 0 spiro atoms. The topological polar surface area (TPSA) is 38.8 Å². The molecule has 3 heteroatoms. The molecule has 1 aliphatic rings. The Morgan fingerprint density at radius 1 is 1.67 bits per heavy atom. The largest absolute Gasteiger partial charge is 0.455 e. The Morgan fingerprint density at radius 3 is 2.53 bits per heavy atom. The first kappa shape index (κ1) is 12.2. The lowest BCUT2D eigenvalue weighted by Crippen LogP contribution is -2.29. The zero-order valence-electron chi connectivity index (χ0n) is 10.0. The summed E-state index contributed by atoms with van der Waals surface area (Å²) in [6, 6.07) is 0. The van der Waals surface area contributed by atoms with E-state index in [-0.39, 0.29) is 17.7 Å². The molecule has 0 aromatic heterocycles. The van der Waals surface area contributed by atoms with Gasteiger partial charge in [-0.2, -0.15) is 0 Å². The summed E-state index contributed by atoms with van der Waals surface area (Å²) in [5, 5.41) is 0. The lowest BCUT2D eigenvalue weighted by molar-refractivity contribution is -0.151. The van der Waals surface area contributed by atoms with Crippen LogP contribution in [0.4, 0.5) is 0 Å². The number of ether oxygens (including phenoxy) is 2. The highest BCUT2D eigenvalue weighted by atomic mass is 16.6. The third kappa shape index (κ3) is 3.34. The standard InChI is InChI=1S/C12H20O3/c1-6-12(5,14-9(2)13)8-7-10-11(3,4)15-10/h6,10H,1,7-8H2,2-5H3/t10-,12+/m0/s1. The number of hydrogen-bond acceptors (Lipinski definition) is 3. The number of esters is 1. The molecule has 0 unspecified atom stereocenters. The van der Waals surface area contributed by atoms with Crippen molar-refractivity contribution in [1.29, 1.82) is 0 Å². The van der Waals surface area contributed by atoms with E-state index in [1.54, 1.807) is 6.08 Å². The fourth-order valence-electron chi connectivity index (χ4n) is 1.68. The van der Waals surface area contributed by atoms with Crippen molar-refractivity contribution in [3.05, 3.63) is 12.7 Å². The fraction of sp³-hybridized carbons (Fsp3) is 0.750. The second-order valence-electron chi connectivity index (χ2n) is 4.86. The zero-order valence-corrected chi connectivity index (χ0v) is 10.0. The van der Waals surface area contributed by atoms with Gasteiger partial charge < -0.3 is 9.47 Å². The van der Waals surface area contributed by atoms with Crippen molar-refractivity contribution in [2.45, 2.75) is 57.8 Å². The van der Waals surface area contributed by atoms with Crippen LogP contribution in [0.1, 0.15) is 40.5 Å². The molecule has 0 aromatic rings. The van der Waals surface area contributed by atoms with Crippen molar-refractivity contribution in [2.24, 2.45) is 0 Å². The molecule has 1 rings (SSSR count). The zero-order chi connectivity index (χ0) is 11.7. The van der Waals surface area contributed by atoms with Crippen LogP contribution in [0.2, 0.25) is 0 Å². The molecule has 15 heavy (non-hydrogen) atoms. The first-order chi connectivity index (χ1) is 6.79. The number of epoxide rings is 1. The third-order valence-corrected chi connectivity index (χ3v) is 2.88. The average Bonchev–Trinajstić information content (AvgIpc) is 2.70. The minimum Gasteiger partial charge on any atom is -0.455 e. The van der Waals surface area contributed by atoms with Gasteiger partial charge in [0.1, 0.15) is 5.60 Å². The monoisotopic (exact) mass is 212 g/mol. The van der Waals surface area contributed by atoms with Gasteiger partial charge in [0.25, 0.3) is 0 Å². The Morgan fingerprint density at radius 2 is 2.20 bits per heavy atom. The second kappa shape index (κ2) is 3.97. The van der Waals surface area contributed by atoms with Crippen LogP contribution in [0.3, 0.4) is 0 Å². The Labute approximate surface area is 91.4 Å². The number of rotatable bonds is 5. The maximum Gasteiger partial charge on any atom is 0.303 e. The third-order valence-electron chi connectivity index (χ3n) is 2.88. The van der Waals surface area contributed by atoms with Crippen LogP contribution < -0.4 is 0 Å². The van der Waals surface area contributed by atoms with Crippen LogP contribution in [0, 0.1) is 0 Å². The molecule has 0 aliphatic carbocycles. The Hall–Kier alpha value is -0.830. The van der Waals surface area contributed by atoms with Gasteiger partial charge in [0.2, 0.25) is 0 Å². The van der Waals surface area contributed by atoms with Crippen molar-refractivity contribution in [3.8, 4) is 0 Å². The molecule has 0 bridgehead atoms. The lowest BCUT2D eigenvalue weighted by Gasteiger charge is -2.25. The predicted molar refractivity (Wildman–Crippen MR) is 58.6 cm³/mol. The van der Waals surface area contributed by atoms with E-state index < -0.39 is 5.60 Å². The molecule has 1 heterocycles. The molecule has 1 saturated heterocycles. The smallest absolute Gasteiger partial charge is 0.303 e. The summed E-state index contributed by atoms with van der Waals surface area (Å²) in [5.41, 5.74) is -0.563. The first-order valence-electron chi connectivity index (χ1n) is 5.30. The van der Waals surface area contributed by atoms with Gasteiger partial charge in [-0.3, -0.25) is 4.79 Å². The minimum absolute atomic E-state index is 0.00168. The number of carbonyl (C=O) groups is 1. The molecule has 0 aromatic carbocycles. The summed E-state index contributed by atoms with van der Waals surface area (Å²) in [5.74, 6) is -0.270. The molecule has 86 valence electrons. The quantitative estimate of drug-likeness (QED) is 0.399. The van der Waals surface area contributed by atoms with Gasteiger partial charge in [0.05, 0.1) is 11.7 Å². The SMILES string of the molecule is C=C[C@](C)(CC[C@@H]1OC1(C)C)OC(C)=O. The molecule has 0 amide bonds. The molecule has 3 nitrogen and oxygen atoms in total. The lowest BCUT2D eigenvalue weighted by atomic mass is 9.96. The molecular formula is C12H20O3. The van der Waals surface area contributed by atoms with Crippen molar-refractivity contribution in [1.82, 2.24) is 0 Å². The average molecular weight is 212 g/mol. The van der Waals surface area contributed by atoms with Gasteiger partial charge in [-0.05, 0) is 39.7 Å². The van der Waals surface area contributed by atoms with E-state index in [2.05, 4.69) is 20.4 Å². The van der Waals surface area contributed by atoms with E-state index in [9.17, 15) is 4.79 Å². The second-order valence-corrected chi connectivity index (χ2v) is 4.86. The molecule has 0 saturated carbocycles. The summed E-state index contributed by atoms with van der Waals surface area (Å²) in [7, 11) is 0. The van der Waals surface area contributed by atoms with E-state index in [1.807, 2.05) is 6.92 Å². The maximum atomic E-state index is 10.9. The van der Waals surface area contributed by atoms with Gasteiger partial charge in [-0.25, -0.2) is 0 Å². The molecule has 1 fully saturated rings.